The molecule has 3 rings (SSSR count). The first-order valence-electron chi connectivity index (χ1n) is 8.83. The van der Waals surface area contributed by atoms with Gasteiger partial charge in [-0.2, -0.15) is 0 Å². The Bertz CT molecular complexity index is 1100. The molecular formula is C22H22N2O3S. The molecule has 3 aromatic carbocycles. The third-order valence-corrected chi connectivity index (χ3v) is 5.84. The lowest BCUT2D eigenvalue weighted by atomic mass is 10.1. The number of nitrogens with one attached hydrogen (secondary N) is 2. The number of carbonyl (C=O) groups excluding carboxylic acids is 1. The fourth-order valence-electron chi connectivity index (χ4n) is 2.75. The first-order valence-corrected chi connectivity index (χ1v) is 10.3. The van der Waals surface area contributed by atoms with Gasteiger partial charge in [0, 0.05) is 11.3 Å². The van der Waals surface area contributed by atoms with Gasteiger partial charge in [-0.25, -0.2) is 8.42 Å². The van der Waals surface area contributed by atoms with Crippen molar-refractivity contribution in [2.24, 2.45) is 0 Å². The van der Waals surface area contributed by atoms with Crippen LogP contribution in [0.15, 0.2) is 71.6 Å². The first-order chi connectivity index (χ1) is 13.3. The molecule has 0 aliphatic rings. The van der Waals surface area contributed by atoms with Crippen molar-refractivity contribution in [1.82, 2.24) is 0 Å². The van der Waals surface area contributed by atoms with E-state index in [2.05, 4.69) is 10.0 Å². The lowest BCUT2D eigenvalue weighted by molar-refractivity contribution is 0.102. The Balaban J connectivity index is 1.85. The summed E-state index contributed by atoms with van der Waals surface area (Å²) in [5.41, 5.74) is 4.09. The number of hydrogen-bond donors (Lipinski definition) is 2. The van der Waals surface area contributed by atoms with Crippen molar-refractivity contribution in [2.75, 3.05) is 10.0 Å². The molecule has 1 amide bonds. The molecule has 0 saturated heterocycles. The van der Waals surface area contributed by atoms with E-state index in [9.17, 15) is 13.2 Å². The minimum Gasteiger partial charge on any atom is -0.322 e. The van der Waals surface area contributed by atoms with E-state index < -0.39 is 10.0 Å². The van der Waals surface area contributed by atoms with Crippen molar-refractivity contribution >= 4 is 27.3 Å². The van der Waals surface area contributed by atoms with Gasteiger partial charge >= 0.3 is 0 Å². The molecule has 0 aliphatic carbocycles. The number of carbonyl (C=O) groups is 1. The number of sulfonamides is 1. The molecule has 0 bridgehead atoms. The van der Waals surface area contributed by atoms with E-state index in [1.807, 2.05) is 38.1 Å². The van der Waals surface area contributed by atoms with Gasteiger partial charge in [-0.1, -0.05) is 41.5 Å². The van der Waals surface area contributed by atoms with Gasteiger partial charge in [0.05, 0.1) is 10.6 Å². The van der Waals surface area contributed by atoms with E-state index in [-0.39, 0.29) is 10.8 Å². The number of rotatable bonds is 5. The van der Waals surface area contributed by atoms with E-state index in [1.54, 1.807) is 49.4 Å². The molecule has 3 aromatic rings. The van der Waals surface area contributed by atoms with E-state index in [4.69, 9.17) is 0 Å². The van der Waals surface area contributed by atoms with Crippen LogP contribution in [-0.4, -0.2) is 14.3 Å². The largest absolute Gasteiger partial charge is 0.322 e. The van der Waals surface area contributed by atoms with Crippen LogP contribution in [0.2, 0.25) is 0 Å². The maximum Gasteiger partial charge on any atom is 0.261 e. The number of anilines is 2. The molecular weight excluding hydrogens is 372 g/mol. The molecule has 0 heterocycles. The van der Waals surface area contributed by atoms with Crippen LogP contribution in [-0.2, 0) is 10.0 Å². The molecule has 2 N–H and O–H groups in total. The van der Waals surface area contributed by atoms with Crippen LogP contribution in [0.25, 0.3) is 0 Å². The molecule has 0 aromatic heterocycles. The molecule has 0 unspecified atom stereocenters. The van der Waals surface area contributed by atoms with Gasteiger partial charge in [0.2, 0.25) is 0 Å². The smallest absolute Gasteiger partial charge is 0.261 e. The SMILES string of the molecule is Cc1ccc(NC(=O)c2cccc(NS(=O)(=O)c3ccc(C)cc3)c2C)cc1. The monoisotopic (exact) mass is 394 g/mol. The van der Waals surface area contributed by atoms with E-state index in [0.29, 0.717) is 22.5 Å². The van der Waals surface area contributed by atoms with Gasteiger partial charge in [-0.05, 0) is 62.7 Å². The van der Waals surface area contributed by atoms with Crippen LogP contribution in [0.4, 0.5) is 11.4 Å². The summed E-state index contributed by atoms with van der Waals surface area (Å²) in [5.74, 6) is -0.294. The van der Waals surface area contributed by atoms with Crippen LogP contribution >= 0.6 is 0 Å². The zero-order valence-electron chi connectivity index (χ0n) is 16.0. The lowest BCUT2D eigenvalue weighted by Crippen LogP contribution is -2.17. The summed E-state index contributed by atoms with van der Waals surface area (Å²) in [6.07, 6.45) is 0. The number of amides is 1. The third kappa shape index (κ3) is 4.40. The van der Waals surface area contributed by atoms with Crippen molar-refractivity contribution in [3.8, 4) is 0 Å². The average molecular weight is 394 g/mol. The Morgan fingerprint density at radius 2 is 1.36 bits per heavy atom. The minimum absolute atomic E-state index is 0.173. The number of hydrogen-bond acceptors (Lipinski definition) is 3. The standard InChI is InChI=1S/C22H22N2O3S/c1-15-7-11-18(12-8-15)23-22(25)20-5-4-6-21(17(20)3)24-28(26,27)19-13-9-16(2)10-14-19/h4-14,24H,1-3H3,(H,23,25). The molecule has 0 spiro atoms. The number of aryl methyl sites for hydroxylation is 2. The molecule has 0 fully saturated rings. The second-order valence-corrected chi connectivity index (χ2v) is 8.40. The van der Waals surface area contributed by atoms with Crippen molar-refractivity contribution < 1.29 is 13.2 Å². The Labute approximate surface area is 165 Å². The Morgan fingerprint density at radius 1 is 0.786 bits per heavy atom. The summed E-state index contributed by atoms with van der Waals surface area (Å²) in [4.78, 5) is 12.8. The van der Waals surface area contributed by atoms with Crippen LogP contribution in [0.5, 0.6) is 0 Å². The van der Waals surface area contributed by atoms with Gasteiger partial charge in [0.15, 0.2) is 0 Å². The van der Waals surface area contributed by atoms with Crippen LogP contribution in [0, 0.1) is 20.8 Å². The molecule has 5 nitrogen and oxygen atoms in total. The first kappa shape index (κ1) is 19.6. The van der Waals surface area contributed by atoms with Crippen LogP contribution < -0.4 is 10.0 Å². The van der Waals surface area contributed by atoms with Gasteiger partial charge in [-0.3, -0.25) is 9.52 Å². The van der Waals surface area contributed by atoms with Gasteiger partial charge in [0.1, 0.15) is 0 Å². The second-order valence-electron chi connectivity index (χ2n) is 6.72. The Hall–Kier alpha value is -3.12. The van der Waals surface area contributed by atoms with E-state index in [1.165, 1.54) is 0 Å². The van der Waals surface area contributed by atoms with Gasteiger partial charge in [0.25, 0.3) is 15.9 Å². The van der Waals surface area contributed by atoms with Crippen LogP contribution in [0.1, 0.15) is 27.0 Å². The maximum atomic E-state index is 12.7. The predicted octanol–water partition coefficient (Wildman–Crippen LogP) is 4.66. The van der Waals surface area contributed by atoms with E-state index >= 15 is 0 Å². The quantitative estimate of drug-likeness (QED) is 0.661. The van der Waals surface area contributed by atoms with E-state index in [0.717, 1.165) is 11.1 Å². The van der Waals surface area contributed by atoms with Crippen molar-refractivity contribution in [1.29, 1.82) is 0 Å². The molecule has 28 heavy (non-hydrogen) atoms. The normalized spacial score (nSPS) is 11.1. The highest BCUT2D eigenvalue weighted by molar-refractivity contribution is 7.92. The zero-order chi connectivity index (χ0) is 20.3. The maximum absolute atomic E-state index is 12.7. The second kappa shape index (κ2) is 7.86. The van der Waals surface area contributed by atoms with Crippen molar-refractivity contribution in [3.63, 3.8) is 0 Å². The Morgan fingerprint density at radius 3 is 1.96 bits per heavy atom. The fourth-order valence-corrected chi connectivity index (χ4v) is 3.87. The molecule has 6 heteroatoms. The van der Waals surface area contributed by atoms with Crippen molar-refractivity contribution in [2.45, 2.75) is 25.7 Å². The van der Waals surface area contributed by atoms with Gasteiger partial charge < -0.3 is 5.32 Å². The van der Waals surface area contributed by atoms with Crippen molar-refractivity contribution in [3.05, 3.63) is 89.0 Å². The zero-order valence-corrected chi connectivity index (χ0v) is 16.8. The highest BCUT2D eigenvalue weighted by Gasteiger charge is 2.18. The molecule has 0 aliphatic heterocycles. The van der Waals surface area contributed by atoms with Gasteiger partial charge in [-0.15, -0.1) is 0 Å². The molecule has 0 atom stereocenters. The predicted molar refractivity (Wildman–Crippen MR) is 112 cm³/mol. The topological polar surface area (TPSA) is 75.3 Å². The number of benzene rings is 3. The summed E-state index contributed by atoms with van der Waals surface area (Å²) in [6.45, 7) is 5.58. The summed E-state index contributed by atoms with van der Waals surface area (Å²) in [7, 11) is -3.74. The minimum atomic E-state index is -3.74. The lowest BCUT2D eigenvalue weighted by Gasteiger charge is -2.14. The molecule has 0 saturated carbocycles. The third-order valence-electron chi connectivity index (χ3n) is 4.46. The summed E-state index contributed by atoms with van der Waals surface area (Å²) in [5, 5.41) is 2.84. The summed E-state index contributed by atoms with van der Waals surface area (Å²) in [6, 6.07) is 19.0. The highest BCUT2D eigenvalue weighted by atomic mass is 32.2. The Kier molecular flexibility index (Phi) is 5.51. The highest BCUT2D eigenvalue weighted by Crippen LogP contribution is 2.23. The fraction of sp³-hybridized carbons (Fsp3) is 0.136. The summed E-state index contributed by atoms with van der Waals surface area (Å²) < 4.78 is 27.9. The molecule has 0 radical (unpaired) electrons. The average Bonchev–Trinajstić information content (AvgIpc) is 2.65. The molecule has 144 valence electrons. The van der Waals surface area contributed by atoms with Crippen LogP contribution in [0.3, 0.4) is 0 Å². The summed E-state index contributed by atoms with van der Waals surface area (Å²) >= 11 is 0.